The van der Waals surface area contributed by atoms with Crippen LogP contribution < -0.4 is 5.32 Å². The van der Waals surface area contributed by atoms with Gasteiger partial charge in [-0.1, -0.05) is 39.0 Å². The quantitative estimate of drug-likeness (QED) is 0.877. The monoisotopic (exact) mass is 343 g/mol. The molecule has 3 aliphatic rings. The third kappa shape index (κ3) is 2.33. The third-order valence-corrected chi connectivity index (χ3v) is 7.37. The number of para-hydroxylation sites is 1. The van der Waals surface area contributed by atoms with Crippen LogP contribution in [0, 0.1) is 22.7 Å². The van der Waals surface area contributed by atoms with Crippen LogP contribution in [0.5, 0.6) is 5.75 Å². The highest BCUT2D eigenvalue weighted by atomic mass is 16.5. The van der Waals surface area contributed by atoms with Gasteiger partial charge in [0, 0.05) is 24.6 Å². The first-order valence-electron chi connectivity index (χ1n) is 9.59. The molecule has 1 spiro atoms. The summed E-state index contributed by atoms with van der Waals surface area (Å²) in [5.41, 5.74) is 1.10. The summed E-state index contributed by atoms with van der Waals surface area (Å²) < 4.78 is 6.18. The number of rotatable bonds is 3. The molecular weight excluding hydrogens is 314 g/mol. The number of phenols is 1. The molecule has 1 aliphatic heterocycles. The molecule has 1 amide bonds. The second-order valence-corrected chi connectivity index (χ2v) is 8.75. The number of amides is 1. The van der Waals surface area contributed by atoms with Crippen LogP contribution in [0.3, 0.4) is 0 Å². The Labute approximate surface area is 150 Å². The van der Waals surface area contributed by atoms with Crippen molar-refractivity contribution < 1.29 is 14.6 Å². The number of benzene rings is 1. The molecule has 4 heteroatoms. The molecule has 2 bridgehead atoms. The highest BCUT2D eigenvalue weighted by molar-refractivity contribution is 5.76. The number of aromatic hydroxyl groups is 1. The van der Waals surface area contributed by atoms with Crippen LogP contribution in [-0.4, -0.2) is 23.7 Å². The molecule has 25 heavy (non-hydrogen) atoms. The van der Waals surface area contributed by atoms with E-state index in [1.807, 2.05) is 25.1 Å². The van der Waals surface area contributed by atoms with E-state index in [9.17, 15) is 9.90 Å². The molecule has 1 aromatic rings. The molecule has 2 N–H and O–H groups in total. The molecule has 2 aliphatic carbocycles. The van der Waals surface area contributed by atoms with Crippen LogP contribution in [0.15, 0.2) is 24.3 Å². The Balaban J connectivity index is 1.72. The van der Waals surface area contributed by atoms with Gasteiger partial charge in [-0.2, -0.15) is 0 Å². The van der Waals surface area contributed by atoms with Crippen molar-refractivity contribution in [3.63, 3.8) is 0 Å². The summed E-state index contributed by atoms with van der Waals surface area (Å²) in [6.07, 6.45) is 3.72. The Kier molecular flexibility index (Phi) is 3.87. The maximum Gasteiger partial charge on any atom is 0.219 e. The van der Waals surface area contributed by atoms with Crippen molar-refractivity contribution >= 4 is 5.91 Å². The van der Waals surface area contributed by atoms with Gasteiger partial charge in [0.2, 0.25) is 5.91 Å². The number of phenolic OH excluding ortho intramolecular Hbond substituents is 1. The van der Waals surface area contributed by atoms with Gasteiger partial charge >= 0.3 is 0 Å². The smallest absolute Gasteiger partial charge is 0.219 e. The van der Waals surface area contributed by atoms with Crippen LogP contribution in [0.4, 0.5) is 0 Å². The summed E-state index contributed by atoms with van der Waals surface area (Å²) in [4.78, 5) is 12.2. The van der Waals surface area contributed by atoms with Crippen LogP contribution in [0.25, 0.3) is 0 Å². The SMILES string of the molecule is CCC(=O)N[C@H]1C(C)(C)[C@@H]2C[C@@H]3[C@@H](c4ccccc4O)OCCC31C2. The first-order chi connectivity index (χ1) is 11.9. The predicted octanol–water partition coefficient (Wildman–Crippen LogP) is 3.80. The first-order valence-corrected chi connectivity index (χ1v) is 9.59. The molecule has 136 valence electrons. The minimum atomic E-state index is -0.0721. The standard InChI is InChI=1S/C21H29NO3/c1-4-17(24)22-19-20(2,3)13-11-15-18(14-7-5-6-8-16(14)23)25-10-9-21(15,19)12-13/h5-8,13,15,18-19,23H,4,9-12H2,1-3H3,(H,22,24)/t13-,15-,18-,19+,21?/m1/s1. The Morgan fingerprint density at radius 1 is 1.36 bits per heavy atom. The van der Waals surface area contributed by atoms with E-state index in [0.29, 0.717) is 30.6 Å². The molecule has 3 fully saturated rings. The lowest BCUT2D eigenvalue weighted by atomic mass is 9.58. The maximum absolute atomic E-state index is 12.2. The zero-order valence-corrected chi connectivity index (χ0v) is 15.4. The highest BCUT2D eigenvalue weighted by Gasteiger charge is 2.68. The van der Waals surface area contributed by atoms with Crippen molar-refractivity contribution in [3.8, 4) is 5.75 Å². The molecule has 1 aromatic carbocycles. The first kappa shape index (κ1) is 16.9. The highest BCUT2D eigenvalue weighted by Crippen LogP contribution is 2.70. The molecule has 4 nitrogen and oxygen atoms in total. The fourth-order valence-corrected chi connectivity index (χ4v) is 6.09. The van der Waals surface area contributed by atoms with Crippen LogP contribution in [0.2, 0.25) is 0 Å². The number of fused-ring (bicyclic) bond motifs is 1. The summed E-state index contributed by atoms with van der Waals surface area (Å²) in [7, 11) is 0. The molecule has 4 rings (SSSR count). The molecule has 5 atom stereocenters. The minimum absolute atomic E-state index is 0.0721. The second-order valence-electron chi connectivity index (χ2n) is 8.75. The zero-order chi connectivity index (χ0) is 17.8. The second kappa shape index (κ2) is 5.73. The lowest BCUT2D eigenvalue weighted by Gasteiger charge is -2.53. The van der Waals surface area contributed by atoms with Gasteiger partial charge in [-0.15, -0.1) is 0 Å². The Bertz CT molecular complexity index is 685. The number of nitrogens with one attached hydrogen (secondary N) is 1. The molecule has 1 saturated heterocycles. The topological polar surface area (TPSA) is 58.6 Å². The summed E-state index contributed by atoms with van der Waals surface area (Å²) in [6.45, 7) is 7.23. The van der Waals surface area contributed by atoms with Crippen LogP contribution in [-0.2, 0) is 9.53 Å². The third-order valence-electron chi connectivity index (χ3n) is 7.37. The zero-order valence-electron chi connectivity index (χ0n) is 15.4. The van der Waals surface area contributed by atoms with Gasteiger partial charge in [0.15, 0.2) is 0 Å². The van der Waals surface area contributed by atoms with Crippen molar-refractivity contribution in [1.82, 2.24) is 5.32 Å². The molecule has 1 heterocycles. The molecule has 2 saturated carbocycles. The summed E-state index contributed by atoms with van der Waals surface area (Å²) in [6, 6.07) is 7.73. The molecular formula is C21H29NO3. The van der Waals surface area contributed by atoms with Crippen molar-refractivity contribution in [1.29, 1.82) is 0 Å². The number of hydrogen-bond donors (Lipinski definition) is 2. The predicted molar refractivity (Wildman–Crippen MR) is 96.1 cm³/mol. The average molecular weight is 343 g/mol. The van der Waals surface area contributed by atoms with Gasteiger partial charge in [-0.3, -0.25) is 4.79 Å². The van der Waals surface area contributed by atoms with E-state index >= 15 is 0 Å². The number of hydrogen-bond acceptors (Lipinski definition) is 3. The lowest BCUT2D eigenvalue weighted by Crippen LogP contribution is -2.58. The maximum atomic E-state index is 12.2. The largest absolute Gasteiger partial charge is 0.508 e. The van der Waals surface area contributed by atoms with E-state index < -0.39 is 0 Å². The fourth-order valence-electron chi connectivity index (χ4n) is 6.09. The van der Waals surface area contributed by atoms with E-state index in [2.05, 4.69) is 19.2 Å². The van der Waals surface area contributed by atoms with Gasteiger partial charge in [-0.25, -0.2) is 0 Å². The number of carbonyl (C=O) groups excluding carboxylic acids is 1. The summed E-state index contributed by atoms with van der Waals surface area (Å²) in [5.74, 6) is 1.41. The van der Waals surface area contributed by atoms with E-state index in [0.717, 1.165) is 24.8 Å². The summed E-state index contributed by atoms with van der Waals surface area (Å²) in [5, 5.41) is 13.7. The number of ether oxygens (including phenoxy) is 1. The van der Waals surface area contributed by atoms with Crippen molar-refractivity contribution in [2.75, 3.05) is 6.61 Å². The van der Waals surface area contributed by atoms with Crippen LogP contribution >= 0.6 is 0 Å². The molecule has 0 aromatic heterocycles. The minimum Gasteiger partial charge on any atom is -0.508 e. The molecule has 1 unspecified atom stereocenters. The van der Waals surface area contributed by atoms with Gasteiger partial charge in [-0.05, 0) is 48.0 Å². The van der Waals surface area contributed by atoms with Gasteiger partial charge in [0.05, 0.1) is 6.10 Å². The number of carbonyl (C=O) groups is 1. The fraction of sp³-hybridized carbons (Fsp3) is 0.667. The van der Waals surface area contributed by atoms with Crippen molar-refractivity contribution in [2.45, 2.75) is 58.6 Å². The van der Waals surface area contributed by atoms with Gasteiger partial charge in [0.25, 0.3) is 0 Å². The molecule has 0 radical (unpaired) electrons. The van der Waals surface area contributed by atoms with Crippen molar-refractivity contribution in [3.05, 3.63) is 29.8 Å². The van der Waals surface area contributed by atoms with E-state index in [-0.39, 0.29) is 28.9 Å². The van der Waals surface area contributed by atoms with E-state index in [4.69, 9.17) is 4.74 Å². The van der Waals surface area contributed by atoms with Crippen LogP contribution in [0.1, 0.15) is 58.1 Å². The summed E-state index contributed by atoms with van der Waals surface area (Å²) >= 11 is 0. The Hall–Kier alpha value is -1.55. The Morgan fingerprint density at radius 2 is 2.12 bits per heavy atom. The normalized spacial score (nSPS) is 38.4. The van der Waals surface area contributed by atoms with E-state index in [1.54, 1.807) is 6.07 Å². The average Bonchev–Trinajstić information content (AvgIpc) is 3.08. The van der Waals surface area contributed by atoms with Crippen molar-refractivity contribution in [2.24, 2.45) is 22.7 Å². The van der Waals surface area contributed by atoms with Gasteiger partial charge < -0.3 is 15.2 Å². The van der Waals surface area contributed by atoms with Gasteiger partial charge in [0.1, 0.15) is 5.75 Å². The lowest BCUT2D eigenvalue weighted by molar-refractivity contribution is -0.137. The Morgan fingerprint density at radius 3 is 2.84 bits per heavy atom. The van der Waals surface area contributed by atoms with E-state index in [1.165, 1.54) is 0 Å².